The number of benzene rings is 2. The van der Waals surface area contributed by atoms with Crippen molar-refractivity contribution in [1.82, 2.24) is 10.6 Å². The van der Waals surface area contributed by atoms with Gasteiger partial charge in [0.25, 0.3) is 0 Å². The molecule has 2 radical (unpaired) electrons. The number of hydrogen-bond donors (Lipinski definition) is 4. The van der Waals surface area contributed by atoms with Crippen LogP contribution in [0.15, 0.2) is 36.4 Å². The van der Waals surface area contributed by atoms with E-state index in [9.17, 15) is 10.2 Å². The van der Waals surface area contributed by atoms with Gasteiger partial charge in [-0.2, -0.15) is 0 Å². The van der Waals surface area contributed by atoms with Crippen molar-refractivity contribution in [3.63, 3.8) is 0 Å². The second-order valence-electron chi connectivity index (χ2n) is 13.7. The maximum atomic E-state index is 11.8. The molecule has 0 fully saturated rings. The Hall–Kier alpha value is -0.860. The molecule has 0 amide bonds. The third-order valence-corrected chi connectivity index (χ3v) is 9.16. The molecule has 0 saturated heterocycles. The fourth-order valence-electron chi connectivity index (χ4n) is 6.14. The Morgan fingerprint density at radius 3 is 1.08 bits per heavy atom. The summed E-state index contributed by atoms with van der Waals surface area (Å²) in [5.74, 6) is 0.262. The summed E-state index contributed by atoms with van der Waals surface area (Å²) in [5.41, 5.74) is 15.2. The number of nitrogens with one attached hydrogen (secondary N) is 2. The monoisotopic (exact) mass is 707 g/mol. The molecule has 2 aromatic rings. The molecule has 6 N–H and O–H groups in total. The van der Waals surface area contributed by atoms with Crippen LogP contribution in [0, 0.1) is 0 Å². The smallest absolute Gasteiger partial charge is 0.0200 e. The minimum atomic E-state index is 0. The van der Waals surface area contributed by atoms with Gasteiger partial charge < -0.3 is 32.3 Å². The molecular weight excluding hydrogens is 633 g/mol. The van der Waals surface area contributed by atoms with Gasteiger partial charge in [-0.05, 0) is 47.9 Å². The van der Waals surface area contributed by atoms with Crippen molar-refractivity contribution in [3.8, 4) is 11.5 Å². The van der Waals surface area contributed by atoms with Gasteiger partial charge in [0.15, 0.2) is 0 Å². The van der Waals surface area contributed by atoms with Crippen molar-refractivity contribution in [2.75, 3.05) is 26.2 Å². The Bertz CT molecular complexity index is 927. The Morgan fingerprint density at radius 1 is 0.469 bits per heavy atom. The summed E-state index contributed by atoms with van der Waals surface area (Å²) < 4.78 is 0. The average Bonchev–Trinajstić information content (AvgIpc) is 3.09. The van der Waals surface area contributed by atoms with Crippen LogP contribution in [0.5, 0.6) is 11.5 Å². The number of rotatable bonds is 30. The van der Waals surface area contributed by atoms with Crippen LogP contribution in [0.3, 0.4) is 0 Å². The second-order valence-corrected chi connectivity index (χ2v) is 13.7. The predicted molar refractivity (Wildman–Crippen MR) is 210 cm³/mol. The minimum absolute atomic E-state index is 0. The van der Waals surface area contributed by atoms with Crippen LogP contribution in [0.4, 0.5) is 0 Å². The molecule has 0 aliphatic carbocycles. The molecule has 0 bridgehead atoms. The van der Waals surface area contributed by atoms with Gasteiger partial charge in [-0.1, -0.05) is 166 Å². The van der Waals surface area contributed by atoms with Crippen molar-refractivity contribution in [2.24, 2.45) is 11.5 Å². The van der Waals surface area contributed by atoms with Crippen molar-refractivity contribution in [3.05, 3.63) is 58.7 Å². The van der Waals surface area contributed by atoms with Gasteiger partial charge in [0.1, 0.15) is 0 Å². The van der Waals surface area contributed by atoms with Gasteiger partial charge >= 0.3 is 0 Å². The molecule has 0 heterocycles. The maximum absolute atomic E-state index is 11.8. The number of hydrogen-bond acceptors (Lipinski definition) is 6. The summed E-state index contributed by atoms with van der Waals surface area (Å²) >= 11 is 0. The Morgan fingerprint density at radius 2 is 0.776 bits per heavy atom. The van der Waals surface area contributed by atoms with Crippen molar-refractivity contribution in [2.45, 2.75) is 168 Å². The Labute approximate surface area is 332 Å². The van der Waals surface area contributed by atoms with E-state index in [4.69, 9.17) is 11.5 Å². The molecule has 49 heavy (non-hydrogen) atoms. The van der Waals surface area contributed by atoms with Crippen LogP contribution in [0.2, 0.25) is 0 Å². The number of nitrogens with two attached hydrogens (primary N) is 2. The largest absolute Gasteiger partial charge is 0.872 e. The molecule has 0 spiro atoms. The molecule has 0 aliphatic rings. The van der Waals surface area contributed by atoms with Crippen molar-refractivity contribution in [1.29, 1.82) is 0 Å². The average molecular weight is 707 g/mol. The zero-order valence-electron chi connectivity index (χ0n) is 31.9. The molecular formula is C42H74CaN4O2-2. The van der Waals surface area contributed by atoms with E-state index in [0.717, 1.165) is 37.1 Å². The Balaban J connectivity index is 0.000000922. The first-order valence-electron chi connectivity index (χ1n) is 19.9. The first-order valence-corrected chi connectivity index (χ1v) is 19.9. The quantitative estimate of drug-likeness (QED) is 0.0481. The molecule has 2 rings (SSSR count). The van der Waals surface area contributed by atoms with Crippen LogP contribution in [0.1, 0.15) is 165 Å². The molecule has 0 atom stereocenters. The summed E-state index contributed by atoms with van der Waals surface area (Å²) in [6.07, 6.45) is 29.4. The molecule has 2 aromatic carbocycles. The SMILES string of the molecule is CCCCCCCCCCCCc1ccc([O-])c(CNCCN)c1.CCCCCCCCCCCCc1ccc([O-])c(CNCCN)c1.[Ca]. The fourth-order valence-corrected chi connectivity index (χ4v) is 6.14. The summed E-state index contributed by atoms with van der Waals surface area (Å²) in [7, 11) is 0. The van der Waals surface area contributed by atoms with Gasteiger partial charge in [0, 0.05) is 77.0 Å². The molecule has 278 valence electrons. The molecule has 6 nitrogen and oxygen atoms in total. The van der Waals surface area contributed by atoms with Gasteiger partial charge in [-0.3, -0.25) is 0 Å². The maximum Gasteiger partial charge on any atom is 0.0200 e. The summed E-state index contributed by atoms with van der Waals surface area (Å²) in [6, 6.07) is 11.5. The van der Waals surface area contributed by atoms with Gasteiger partial charge in [-0.25, -0.2) is 0 Å². The van der Waals surface area contributed by atoms with Crippen LogP contribution in [-0.4, -0.2) is 63.9 Å². The van der Waals surface area contributed by atoms with E-state index >= 15 is 0 Å². The van der Waals surface area contributed by atoms with E-state index in [0.29, 0.717) is 26.2 Å². The molecule has 0 aliphatic heterocycles. The van der Waals surface area contributed by atoms with Crippen molar-refractivity contribution < 1.29 is 10.2 Å². The van der Waals surface area contributed by atoms with E-state index in [1.54, 1.807) is 12.1 Å². The zero-order chi connectivity index (χ0) is 34.9. The first-order chi connectivity index (χ1) is 23.5. The van der Waals surface area contributed by atoms with E-state index in [1.165, 1.54) is 140 Å². The van der Waals surface area contributed by atoms with E-state index in [2.05, 4.69) is 36.6 Å². The molecule has 7 heteroatoms. The molecule has 0 saturated carbocycles. The summed E-state index contributed by atoms with van der Waals surface area (Å²) in [6.45, 7) is 8.50. The minimum Gasteiger partial charge on any atom is -0.872 e. The molecule has 0 unspecified atom stereocenters. The van der Waals surface area contributed by atoms with Gasteiger partial charge in [-0.15, -0.1) is 11.5 Å². The summed E-state index contributed by atoms with van der Waals surface area (Å²) in [5, 5.41) is 30.1. The van der Waals surface area contributed by atoms with Crippen molar-refractivity contribution >= 4 is 37.7 Å². The third-order valence-electron chi connectivity index (χ3n) is 9.16. The fraction of sp³-hybridized carbons (Fsp3) is 0.714. The van der Waals surface area contributed by atoms with E-state index in [1.807, 2.05) is 12.1 Å². The number of unbranched alkanes of at least 4 members (excludes halogenated alkanes) is 18. The predicted octanol–water partition coefficient (Wildman–Crippen LogP) is 8.16. The second kappa shape index (κ2) is 35.5. The summed E-state index contributed by atoms with van der Waals surface area (Å²) in [4.78, 5) is 0. The Kier molecular flexibility index (Phi) is 34.9. The third kappa shape index (κ3) is 27.5. The van der Waals surface area contributed by atoms with Crippen LogP contribution < -0.4 is 32.3 Å². The van der Waals surface area contributed by atoms with Crippen LogP contribution >= 0.6 is 0 Å². The van der Waals surface area contributed by atoms with Crippen LogP contribution in [-0.2, 0) is 25.9 Å². The first kappa shape index (κ1) is 48.1. The van der Waals surface area contributed by atoms with Crippen LogP contribution in [0.25, 0.3) is 0 Å². The normalized spacial score (nSPS) is 10.9. The molecule has 0 aromatic heterocycles. The standard InChI is InChI=1S/2C21H38N2O.Ca/c2*1-2-3-4-5-6-7-8-9-10-11-12-19-13-14-21(24)20(17-19)18-23-16-15-22;/h2*13-14,17,23-24H,2-12,15-16,18,22H2,1H3;/p-2. The number of aryl methyl sites for hydroxylation is 2. The van der Waals surface area contributed by atoms with Gasteiger partial charge in [0.05, 0.1) is 0 Å². The topological polar surface area (TPSA) is 122 Å². The zero-order valence-corrected chi connectivity index (χ0v) is 34.1. The van der Waals surface area contributed by atoms with Gasteiger partial charge in [0.2, 0.25) is 0 Å². The van der Waals surface area contributed by atoms with E-state index < -0.39 is 0 Å². The van der Waals surface area contributed by atoms with E-state index in [-0.39, 0.29) is 49.2 Å².